The van der Waals surface area contributed by atoms with Crippen molar-refractivity contribution < 1.29 is 9.90 Å². The maximum atomic E-state index is 13.2. The summed E-state index contributed by atoms with van der Waals surface area (Å²) < 4.78 is 0. The van der Waals surface area contributed by atoms with Gasteiger partial charge in [-0.3, -0.25) is 4.79 Å². The molecule has 0 saturated carbocycles. The summed E-state index contributed by atoms with van der Waals surface area (Å²) in [6, 6.07) is 6.21. The lowest BCUT2D eigenvalue weighted by molar-refractivity contribution is -0.0601. The Labute approximate surface area is 155 Å². The van der Waals surface area contributed by atoms with Crippen LogP contribution in [0.5, 0.6) is 0 Å². The zero-order valence-corrected chi connectivity index (χ0v) is 16.0. The van der Waals surface area contributed by atoms with Crippen LogP contribution in [0.1, 0.15) is 40.9 Å². The van der Waals surface area contributed by atoms with Crippen LogP contribution in [0.25, 0.3) is 10.9 Å². The molecular weight excluding hydrogens is 326 g/mol. The monoisotopic (exact) mass is 355 g/mol. The minimum Gasteiger partial charge on any atom is -0.396 e. The van der Waals surface area contributed by atoms with Gasteiger partial charge in [0.1, 0.15) is 0 Å². The molecule has 0 aliphatic carbocycles. The van der Waals surface area contributed by atoms with Gasteiger partial charge in [0.2, 0.25) is 0 Å². The van der Waals surface area contributed by atoms with Gasteiger partial charge in [-0.2, -0.15) is 0 Å². The van der Waals surface area contributed by atoms with Gasteiger partial charge in [0.05, 0.1) is 6.61 Å². The number of hydrogen-bond donors (Lipinski definition) is 2. The number of nitrogens with zero attached hydrogens (tertiary/aromatic N) is 2. The Kier molecular flexibility index (Phi) is 4.32. The molecule has 2 aliphatic heterocycles. The van der Waals surface area contributed by atoms with Crippen molar-refractivity contribution in [2.24, 2.45) is 5.41 Å². The van der Waals surface area contributed by atoms with Gasteiger partial charge >= 0.3 is 0 Å². The molecule has 2 atom stereocenters. The van der Waals surface area contributed by atoms with Crippen molar-refractivity contribution in [3.05, 3.63) is 35.0 Å². The number of H-pyrrole nitrogens is 1. The van der Waals surface area contributed by atoms with Gasteiger partial charge in [0, 0.05) is 46.7 Å². The molecule has 5 heteroatoms. The second kappa shape index (κ2) is 6.39. The third-order valence-electron chi connectivity index (χ3n) is 6.85. The Hall–Kier alpha value is -1.85. The van der Waals surface area contributed by atoms with Crippen LogP contribution in [0.3, 0.4) is 0 Å². The first kappa shape index (κ1) is 17.6. The molecule has 0 spiro atoms. The van der Waals surface area contributed by atoms with Crippen molar-refractivity contribution in [3.8, 4) is 0 Å². The van der Waals surface area contributed by atoms with Crippen LogP contribution in [0.4, 0.5) is 0 Å². The van der Waals surface area contributed by atoms with Crippen LogP contribution in [0.15, 0.2) is 18.2 Å². The number of carbonyl (C=O) groups excluding carboxylic acids is 1. The van der Waals surface area contributed by atoms with E-state index < -0.39 is 0 Å². The summed E-state index contributed by atoms with van der Waals surface area (Å²) in [4.78, 5) is 20.9. The number of benzene rings is 1. The topological polar surface area (TPSA) is 59.6 Å². The van der Waals surface area contributed by atoms with Crippen LogP contribution in [-0.4, -0.2) is 65.1 Å². The van der Waals surface area contributed by atoms with E-state index in [2.05, 4.69) is 30.8 Å². The lowest BCUT2D eigenvalue weighted by atomic mass is 9.69. The van der Waals surface area contributed by atoms with Gasteiger partial charge in [-0.05, 0) is 70.5 Å². The molecule has 2 N–H and O–H groups in total. The van der Waals surface area contributed by atoms with Gasteiger partial charge in [0.15, 0.2) is 0 Å². The highest BCUT2D eigenvalue weighted by Crippen LogP contribution is 2.41. The number of aliphatic hydroxyl groups is 1. The highest BCUT2D eigenvalue weighted by Gasteiger charge is 2.47. The van der Waals surface area contributed by atoms with Crippen LogP contribution in [0, 0.1) is 19.3 Å². The number of carbonyl (C=O) groups is 1. The van der Waals surface area contributed by atoms with Gasteiger partial charge in [-0.25, -0.2) is 0 Å². The number of likely N-dealkylation sites (N-methyl/N-ethyl adjacent to an activating group) is 1. The van der Waals surface area contributed by atoms with Crippen LogP contribution in [-0.2, 0) is 0 Å². The summed E-state index contributed by atoms with van der Waals surface area (Å²) in [6.07, 6.45) is 3.08. The Morgan fingerprint density at radius 1 is 1.31 bits per heavy atom. The van der Waals surface area contributed by atoms with Gasteiger partial charge in [0.25, 0.3) is 5.91 Å². The van der Waals surface area contributed by atoms with E-state index in [0.29, 0.717) is 6.54 Å². The Morgan fingerprint density at radius 3 is 2.88 bits per heavy atom. The van der Waals surface area contributed by atoms with E-state index in [-0.39, 0.29) is 24.0 Å². The standard InChI is InChI=1S/C21H29N3O2/c1-14-15(2)22-18-6-5-16(11-17(14)18)20(26)24-10-8-21(13-25)7-4-9-23(3)19(21)12-24/h5-6,11,19,22,25H,4,7-10,12-13H2,1-3H3/t19-,21-/m1/s1. The summed E-state index contributed by atoms with van der Waals surface area (Å²) in [6.45, 7) is 6.86. The summed E-state index contributed by atoms with van der Waals surface area (Å²) in [5.74, 6) is 0.107. The zero-order chi connectivity index (χ0) is 18.5. The van der Waals surface area contributed by atoms with E-state index >= 15 is 0 Å². The molecule has 1 aromatic heterocycles. The molecule has 2 saturated heterocycles. The number of aromatic amines is 1. The molecule has 4 rings (SSSR count). The van der Waals surface area contributed by atoms with E-state index in [4.69, 9.17) is 0 Å². The number of aromatic nitrogens is 1. The highest BCUT2D eigenvalue weighted by atomic mass is 16.3. The third-order valence-corrected chi connectivity index (χ3v) is 6.85. The van der Waals surface area contributed by atoms with E-state index in [0.717, 1.165) is 54.5 Å². The lowest BCUT2D eigenvalue weighted by Gasteiger charge is -2.53. The normalized spacial score (nSPS) is 26.9. The van der Waals surface area contributed by atoms with E-state index in [1.165, 1.54) is 5.56 Å². The molecule has 140 valence electrons. The molecule has 3 heterocycles. The molecule has 1 amide bonds. The molecule has 0 radical (unpaired) electrons. The number of fused-ring (bicyclic) bond motifs is 2. The fourth-order valence-electron chi connectivity index (χ4n) is 4.98. The number of rotatable bonds is 2. The summed E-state index contributed by atoms with van der Waals surface area (Å²) >= 11 is 0. The van der Waals surface area contributed by atoms with Crippen molar-refractivity contribution in [1.29, 1.82) is 0 Å². The van der Waals surface area contributed by atoms with Crippen LogP contribution >= 0.6 is 0 Å². The molecular formula is C21H29N3O2. The van der Waals surface area contributed by atoms with Crippen molar-refractivity contribution in [1.82, 2.24) is 14.8 Å². The van der Waals surface area contributed by atoms with E-state index in [9.17, 15) is 9.90 Å². The highest BCUT2D eigenvalue weighted by molar-refractivity contribution is 5.99. The molecule has 2 aliphatic rings. The molecule has 0 bridgehead atoms. The van der Waals surface area contributed by atoms with Crippen molar-refractivity contribution >= 4 is 16.8 Å². The average Bonchev–Trinajstić information content (AvgIpc) is 2.95. The van der Waals surface area contributed by atoms with Crippen LogP contribution in [0.2, 0.25) is 0 Å². The molecule has 2 fully saturated rings. The third kappa shape index (κ3) is 2.65. The predicted molar refractivity (Wildman–Crippen MR) is 103 cm³/mol. The molecule has 5 nitrogen and oxygen atoms in total. The quantitative estimate of drug-likeness (QED) is 0.871. The second-order valence-corrected chi connectivity index (χ2v) is 8.26. The van der Waals surface area contributed by atoms with Gasteiger partial charge in [-0.15, -0.1) is 0 Å². The second-order valence-electron chi connectivity index (χ2n) is 8.26. The van der Waals surface area contributed by atoms with Crippen molar-refractivity contribution in [3.63, 3.8) is 0 Å². The summed E-state index contributed by atoms with van der Waals surface area (Å²) in [7, 11) is 2.13. The van der Waals surface area contributed by atoms with Gasteiger partial charge < -0.3 is 19.9 Å². The molecule has 0 unspecified atom stereocenters. The number of nitrogens with one attached hydrogen (secondary N) is 1. The average molecular weight is 355 g/mol. The Morgan fingerprint density at radius 2 is 2.12 bits per heavy atom. The maximum absolute atomic E-state index is 13.2. The number of aliphatic hydroxyl groups excluding tert-OH is 1. The first-order valence-electron chi connectivity index (χ1n) is 9.64. The van der Waals surface area contributed by atoms with Gasteiger partial charge in [-0.1, -0.05) is 0 Å². The first-order valence-corrected chi connectivity index (χ1v) is 9.64. The fraction of sp³-hybridized carbons (Fsp3) is 0.571. The van der Waals surface area contributed by atoms with Crippen LogP contribution < -0.4 is 0 Å². The van der Waals surface area contributed by atoms with E-state index in [1.807, 2.05) is 23.1 Å². The molecule has 1 aromatic carbocycles. The fourth-order valence-corrected chi connectivity index (χ4v) is 4.98. The lowest BCUT2D eigenvalue weighted by Crippen LogP contribution is -2.62. The smallest absolute Gasteiger partial charge is 0.253 e. The number of likely N-dealkylation sites (tertiary alicyclic amines) is 2. The Balaban J connectivity index is 1.60. The SMILES string of the molecule is Cc1[nH]c2ccc(C(=O)N3CC[C@@]4(CO)CCCN(C)[C@@H]4C3)cc2c1C. The Bertz CT molecular complexity index is 843. The number of aryl methyl sites for hydroxylation is 2. The van der Waals surface area contributed by atoms with E-state index in [1.54, 1.807) is 0 Å². The zero-order valence-electron chi connectivity index (χ0n) is 16.0. The predicted octanol–water partition coefficient (Wildman–Crippen LogP) is 2.70. The number of hydrogen-bond acceptors (Lipinski definition) is 3. The maximum Gasteiger partial charge on any atom is 0.253 e. The number of amides is 1. The van der Waals surface area contributed by atoms with Crippen molar-refractivity contribution in [2.45, 2.75) is 39.2 Å². The minimum absolute atomic E-state index is 0.0396. The minimum atomic E-state index is -0.0396. The largest absolute Gasteiger partial charge is 0.396 e. The van der Waals surface area contributed by atoms with Crippen molar-refractivity contribution in [2.75, 3.05) is 33.3 Å². The molecule has 2 aromatic rings. The summed E-state index contributed by atoms with van der Waals surface area (Å²) in [5.41, 5.74) is 4.16. The first-order chi connectivity index (χ1) is 12.4. The summed E-state index contributed by atoms with van der Waals surface area (Å²) in [5, 5.41) is 11.2. The number of piperidine rings is 2. The molecule has 26 heavy (non-hydrogen) atoms.